The lowest BCUT2D eigenvalue weighted by atomic mass is 9.86. The molecule has 0 bridgehead atoms. The average Bonchev–Trinajstić information content (AvgIpc) is 2.82. The molecule has 0 spiro atoms. The van der Waals surface area contributed by atoms with Crippen LogP contribution in [-0.4, -0.2) is 35.2 Å². The minimum atomic E-state index is -4.53. The summed E-state index contributed by atoms with van der Waals surface area (Å²) in [6.45, 7) is 5.60. The quantitative estimate of drug-likeness (QED) is 0.437. The molecule has 0 amide bonds. The van der Waals surface area contributed by atoms with Gasteiger partial charge < -0.3 is 9.84 Å². The molecule has 2 fully saturated rings. The maximum Gasteiger partial charge on any atom is 0.420 e. The van der Waals surface area contributed by atoms with Crippen molar-refractivity contribution in [2.75, 3.05) is 13.1 Å². The van der Waals surface area contributed by atoms with Crippen LogP contribution in [0.2, 0.25) is 0 Å². The van der Waals surface area contributed by atoms with E-state index in [4.69, 9.17) is 9.84 Å². The zero-order valence-electron chi connectivity index (χ0n) is 20.6. The minimum Gasteiger partial charge on any atom is -0.490 e. The van der Waals surface area contributed by atoms with Gasteiger partial charge in [0.25, 0.3) is 0 Å². The largest absolute Gasteiger partial charge is 0.490 e. The number of hydrogen-bond acceptors (Lipinski definition) is 3. The van der Waals surface area contributed by atoms with Crippen LogP contribution in [0.3, 0.4) is 0 Å². The number of benzene rings is 2. The Morgan fingerprint density at radius 3 is 2.49 bits per heavy atom. The van der Waals surface area contributed by atoms with Crippen molar-refractivity contribution in [1.29, 1.82) is 0 Å². The smallest absolute Gasteiger partial charge is 0.420 e. The lowest BCUT2D eigenvalue weighted by Gasteiger charge is -2.36. The van der Waals surface area contributed by atoms with Crippen LogP contribution in [-0.2, 0) is 11.0 Å². The van der Waals surface area contributed by atoms with Crippen molar-refractivity contribution < 1.29 is 27.8 Å². The van der Waals surface area contributed by atoms with Crippen LogP contribution >= 0.6 is 0 Å². The molecule has 2 atom stereocenters. The third kappa shape index (κ3) is 6.11. The second kappa shape index (κ2) is 10.8. The number of rotatable bonds is 7. The monoisotopic (exact) mass is 491 g/mol. The highest BCUT2D eigenvalue weighted by Crippen LogP contribution is 2.43. The third-order valence-corrected chi connectivity index (χ3v) is 8.00. The van der Waals surface area contributed by atoms with Gasteiger partial charge in [-0.2, -0.15) is 13.2 Å². The number of aliphatic carboxylic acids is 1. The lowest BCUT2D eigenvalue weighted by molar-refractivity contribution is -0.139. The molecular formula is C28H36F3NO3. The number of fused-ring (bicyclic) bond motifs is 1. The van der Waals surface area contributed by atoms with Crippen LogP contribution in [0.15, 0.2) is 30.3 Å². The highest BCUT2D eigenvalue weighted by Gasteiger charge is 2.38. The van der Waals surface area contributed by atoms with Crippen LogP contribution in [0.1, 0.15) is 82.4 Å². The molecule has 35 heavy (non-hydrogen) atoms. The summed E-state index contributed by atoms with van der Waals surface area (Å²) >= 11 is 0. The van der Waals surface area contributed by atoms with E-state index in [9.17, 15) is 18.0 Å². The number of piperidine rings is 1. The number of nitrogens with zero attached hydrogens (tertiary/aromatic N) is 1. The molecule has 0 aromatic heterocycles. The molecule has 7 heteroatoms. The first kappa shape index (κ1) is 25.8. The fraction of sp³-hybridized carbons (Fsp3) is 0.607. The molecule has 1 heterocycles. The van der Waals surface area contributed by atoms with Gasteiger partial charge in [-0.05, 0) is 92.3 Å². The summed E-state index contributed by atoms with van der Waals surface area (Å²) in [4.78, 5) is 13.4. The number of likely N-dealkylation sites (tertiary alicyclic amines) is 1. The Hall–Kier alpha value is -2.28. The van der Waals surface area contributed by atoms with Crippen LogP contribution in [0.25, 0.3) is 10.8 Å². The van der Waals surface area contributed by atoms with Gasteiger partial charge in [0.1, 0.15) is 11.3 Å². The highest BCUT2D eigenvalue weighted by molar-refractivity contribution is 5.89. The molecule has 0 radical (unpaired) electrons. The van der Waals surface area contributed by atoms with E-state index < -0.39 is 17.7 Å². The first-order chi connectivity index (χ1) is 16.7. The number of carboxylic acid groups (broad SMARTS) is 1. The number of alkyl halides is 3. The maximum atomic E-state index is 14.4. The van der Waals surface area contributed by atoms with Gasteiger partial charge >= 0.3 is 12.1 Å². The van der Waals surface area contributed by atoms with E-state index in [0.717, 1.165) is 57.1 Å². The van der Waals surface area contributed by atoms with Crippen LogP contribution in [0.5, 0.6) is 5.75 Å². The Labute approximate surface area is 205 Å². The summed E-state index contributed by atoms with van der Waals surface area (Å²) in [5.74, 6) is -0.171. The van der Waals surface area contributed by atoms with Crippen LogP contribution < -0.4 is 4.74 Å². The van der Waals surface area contributed by atoms with Gasteiger partial charge in [0.05, 0.1) is 6.10 Å². The number of carbonyl (C=O) groups is 1. The van der Waals surface area contributed by atoms with Crippen molar-refractivity contribution in [2.45, 2.75) is 83.5 Å². The van der Waals surface area contributed by atoms with E-state index in [1.54, 1.807) is 18.2 Å². The third-order valence-electron chi connectivity index (χ3n) is 8.00. The fourth-order valence-electron chi connectivity index (χ4n) is 5.88. The van der Waals surface area contributed by atoms with Gasteiger partial charge in [-0.1, -0.05) is 31.5 Å². The summed E-state index contributed by atoms with van der Waals surface area (Å²) < 4.78 is 49.1. The molecular weight excluding hydrogens is 455 g/mol. The van der Waals surface area contributed by atoms with E-state index in [1.807, 2.05) is 13.0 Å². The van der Waals surface area contributed by atoms with Crippen molar-refractivity contribution in [3.8, 4) is 5.75 Å². The van der Waals surface area contributed by atoms with Crippen molar-refractivity contribution in [2.24, 2.45) is 11.8 Å². The number of carboxylic acids is 1. The highest BCUT2D eigenvalue weighted by atomic mass is 19.4. The van der Waals surface area contributed by atoms with Crippen molar-refractivity contribution in [1.82, 2.24) is 4.90 Å². The number of halogens is 3. The molecule has 1 saturated carbocycles. The van der Waals surface area contributed by atoms with Gasteiger partial charge in [-0.15, -0.1) is 0 Å². The normalized spacial score (nSPS) is 24.9. The molecule has 2 unspecified atom stereocenters. The van der Waals surface area contributed by atoms with Gasteiger partial charge in [0.15, 0.2) is 0 Å². The Balaban J connectivity index is 1.62. The van der Waals surface area contributed by atoms with E-state index in [1.165, 1.54) is 6.07 Å². The lowest BCUT2D eigenvalue weighted by Crippen LogP contribution is -2.38. The predicted octanol–water partition coefficient (Wildman–Crippen LogP) is 7.45. The Bertz CT molecular complexity index is 1030. The standard InChI is InChI=1S/C28H36F3NO3/c1-3-19-6-11-23(12-7-19)35-25-13-10-21-8-9-22(16-24(21)27(25)28(29,30)31)18(2)32-14-4-5-20(17-32)15-26(33)34/h8-10,13,16,18-20,23H,3-7,11-12,14-15,17H2,1-2H3,(H,33,34). The molecule has 1 N–H and O–H groups in total. The van der Waals surface area contributed by atoms with Crippen LogP contribution in [0, 0.1) is 11.8 Å². The fourth-order valence-corrected chi connectivity index (χ4v) is 5.88. The predicted molar refractivity (Wildman–Crippen MR) is 131 cm³/mol. The zero-order valence-corrected chi connectivity index (χ0v) is 20.6. The minimum absolute atomic E-state index is 0.0673. The molecule has 4 rings (SSSR count). The summed E-state index contributed by atoms with van der Waals surface area (Å²) in [6.07, 6.45) is 1.84. The van der Waals surface area contributed by atoms with Crippen molar-refractivity contribution in [3.05, 3.63) is 41.5 Å². The van der Waals surface area contributed by atoms with Gasteiger partial charge in [-0.25, -0.2) is 0 Å². The molecule has 2 aliphatic rings. The number of ether oxygens (including phenoxy) is 1. The maximum absolute atomic E-state index is 14.4. The SMILES string of the molecule is CCC1CCC(Oc2ccc3ccc(C(C)N4CCCC(CC(=O)O)C4)cc3c2C(F)(F)F)CC1. The van der Waals surface area contributed by atoms with E-state index in [-0.39, 0.29) is 35.6 Å². The summed E-state index contributed by atoms with van der Waals surface area (Å²) in [5.41, 5.74) is 0.114. The molecule has 1 aliphatic heterocycles. The second-order valence-corrected chi connectivity index (χ2v) is 10.4. The Morgan fingerprint density at radius 2 is 1.83 bits per heavy atom. The van der Waals surface area contributed by atoms with Gasteiger partial charge in [-0.3, -0.25) is 9.69 Å². The molecule has 1 saturated heterocycles. The molecule has 192 valence electrons. The number of hydrogen-bond donors (Lipinski definition) is 1. The van der Waals surface area contributed by atoms with Crippen LogP contribution in [0.4, 0.5) is 13.2 Å². The first-order valence-corrected chi connectivity index (χ1v) is 12.9. The van der Waals surface area contributed by atoms with E-state index in [2.05, 4.69) is 11.8 Å². The summed E-state index contributed by atoms with van der Waals surface area (Å²) in [7, 11) is 0. The van der Waals surface area contributed by atoms with E-state index in [0.29, 0.717) is 17.8 Å². The van der Waals surface area contributed by atoms with Gasteiger partial charge in [0.2, 0.25) is 0 Å². The first-order valence-electron chi connectivity index (χ1n) is 12.9. The molecule has 4 nitrogen and oxygen atoms in total. The second-order valence-electron chi connectivity index (χ2n) is 10.4. The molecule has 2 aromatic rings. The zero-order chi connectivity index (χ0) is 25.2. The van der Waals surface area contributed by atoms with Gasteiger partial charge in [0, 0.05) is 19.0 Å². The van der Waals surface area contributed by atoms with Crippen molar-refractivity contribution in [3.63, 3.8) is 0 Å². The molecule has 2 aromatic carbocycles. The average molecular weight is 492 g/mol. The van der Waals surface area contributed by atoms with E-state index >= 15 is 0 Å². The molecule has 1 aliphatic carbocycles. The Kier molecular flexibility index (Phi) is 7.94. The Morgan fingerprint density at radius 1 is 1.11 bits per heavy atom. The van der Waals surface area contributed by atoms with Crippen molar-refractivity contribution >= 4 is 16.7 Å². The topological polar surface area (TPSA) is 49.8 Å². The summed E-state index contributed by atoms with van der Waals surface area (Å²) in [6, 6.07) is 8.39. The summed E-state index contributed by atoms with van der Waals surface area (Å²) in [5, 5.41) is 9.87.